The summed E-state index contributed by atoms with van der Waals surface area (Å²) in [5.74, 6) is 0.340. The second-order valence-corrected chi connectivity index (χ2v) is 8.88. The SMILES string of the molecule is Cc1cc(C=Cc2nc3ccc(C(=O)Sc4ccccc4)cc3s2)cc(C)c1O. The predicted molar refractivity (Wildman–Crippen MR) is 123 cm³/mol. The Balaban J connectivity index is 1.56. The second kappa shape index (κ2) is 8.23. The number of rotatable bonds is 4. The number of phenols is 1. The maximum Gasteiger partial charge on any atom is 0.224 e. The number of carbonyl (C=O) groups is 1. The summed E-state index contributed by atoms with van der Waals surface area (Å²) >= 11 is 2.79. The number of nitrogens with zero attached hydrogens (tertiary/aromatic N) is 1. The molecule has 0 saturated carbocycles. The molecule has 4 aromatic rings. The first kappa shape index (κ1) is 19.4. The van der Waals surface area contributed by atoms with Gasteiger partial charge in [0.15, 0.2) is 0 Å². The van der Waals surface area contributed by atoms with Crippen molar-refractivity contribution in [2.24, 2.45) is 0 Å². The smallest absolute Gasteiger partial charge is 0.224 e. The van der Waals surface area contributed by atoms with Crippen LogP contribution in [0.2, 0.25) is 0 Å². The molecule has 0 bridgehead atoms. The number of carbonyl (C=O) groups excluding carboxylic acids is 1. The van der Waals surface area contributed by atoms with E-state index < -0.39 is 0 Å². The van der Waals surface area contributed by atoms with E-state index in [1.807, 2.05) is 86.7 Å². The van der Waals surface area contributed by atoms with Crippen molar-refractivity contribution in [3.05, 3.63) is 87.9 Å². The highest BCUT2D eigenvalue weighted by Gasteiger charge is 2.11. The molecule has 144 valence electrons. The summed E-state index contributed by atoms with van der Waals surface area (Å²) in [5.41, 5.74) is 4.29. The highest BCUT2D eigenvalue weighted by Crippen LogP contribution is 2.29. The quantitative estimate of drug-likeness (QED) is 0.374. The summed E-state index contributed by atoms with van der Waals surface area (Å²) < 4.78 is 0.988. The first-order valence-corrected chi connectivity index (χ1v) is 10.8. The molecule has 1 aromatic heterocycles. The van der Waals surface area contributed by atoms with Crippen molar-refractivity contribution in [1.82, 2.24) is 4.98 Å². The molecule has 0 unspecified atom stereocenters. The van der Waals surface area contributed by atoms with Crippen LogP contribution in [0.5, 0.6) is 5.75 Å². The zero-order valence-electron chi connectivity index (χ0n) is 16.0. The molecule has 0 aliphatic carbocycles. The van der Waals surface area contributed by atoms with Crippen molar-refractivity contribution in [2.75, 3.05) is 0 Å². The number of hydrogen-bond donors (Lipinski definition) is 1. The van der Waals surface area contributed by atoms with Crippen LogP contribution < -0.4 is 0 Å². The molecule has 0 aliphatic rings. The molecule has 0 atom stereocenters. The van der Waals surface area contributed by atoms with Crippen LogP contribution in [0.1, 0.15) is 32.1 Å². The topological polar surface area (TPSA) is 50.2 Å². The molecular weight excluding hydrogens is 398 g/mol. The van der Waals surface area contributed by atoms with E-state index in [1.165, 1.54) is 11.8 Å². The number of hydrogen-bond acceptors (Lipinski definition) is 5. The average Bonchev–Trinajstić information content (AvgIpc) is 3.13. The van der Waals surface area contributed by atoms with E-state index in [9.17, 15) is 9.90 Å². The number of phenolic OH excluding ortho intramolecular Hbond substituents is 1. The first-order chi connectivity index (χ1) is 14.0. The Kier molecular flexibility index (Phi) is 5.51. The maximum atomic E-state index is 12.6. The standard InChI is InChI=1S/C24H19NO2S2/c1-15-12-17(13-16(2)23(15)26)8-11-22-25-20-10-9-18(14-21(20)29-22)24(27)28-19-6-4-3-5-7-19/h3-14,26H,1-2H3. The van der Waals surface area contributed by atoms with Gasteiger partial charge in [-0.2, -0.15) is 0 Å². The third-order valence-electron chi connectivity index (χ3n) is 4.53. The van der Waals surface area contributed by atoms with Crippen LogP contribution in [0.3, 0.4) is 0 Å². The van der Waals surface area contributed by atoms with Crippen molar-refractivity contribution in [3.63, 3.8) is 0 Å². The third kappa shape index (κ3) is 4.42. The van der Waals surface area contributed by atoms with E-state index in [2.05, 4.69) is 4.98 Å². The van der Waals surface area contributed by atoms with Gasteiger partial charge in [-0.1, -0.05) is 24.3 Å². The van der Waals surface area contributed by atoms with Gasteiger partial charge < -0.3 is 5.11 Å². The van der Waals surface area contributed by atoms with Crippen LogP contribution >= 0.6 is 23.1 Å². The minimum absolute atomic E-state index is 0.0265. The zero-order chi connectivity index (χ0) is 20.4. The summed E-state index contributed by atoms with van der Waals surface area (Å²) in [5, 5.41) is 10.8. The van der Waals surface area contributed by atoms with E-state index in [0.717, 1.165) is 36.8 Å². The summed E-state index contributed by atoms with van der Waals surface area (Å²) in [6.45, 7) is 3.78. The Labute approximate surface area is 177 Å². The van der Waals surface area contributed by atoms with Gasteiger partial charge in [-0.25, -0.2) is 4.98 Å². The van der Waals surface area contributed by atoms with Gasteiger partial charge in [-0.15, -0.1) is 11.3 Å². The van der Waals surface area contributed by atoms with Crippen molar-refractivity contribution < 1.29 is 9.90 Å². The van der Waals surface area contributed by atoms with Gasteiger partial charge in [-0.05, 0) is 90.8 Å². The summed E-state index contributed by atoms with van der Waals surface area (Å²) in [7, 11) is 0. The molecule has 0 amide bonds. The van der Waals surface area contributed by atoms with Gasteiger partial charge in [0.05, 0.1) is 10.2 Å². The third-order valence-corrected chi connectivity index (χ3v) is 6.44. The Morgan fingerprint density at radius 3 is 2.45 bits per heavy atom. The number of benzene rings is 3. The van der Waals surface area contributed by atoms with Crippen molar-refractivity contribution in [2.45, 2.75) is 18.7 Å². The molecule has 0 radical (unpaired) electrons. The van der Waals surface area contributed by atoms with Crippen molar-refractivity contribution in [3.8, 4) is 5.75 Å². The van der Waals surface area contributed by atoms with Gasteiger partial charge in [0, 0.05) is 10.5 Å². The number of aromatic nitrogens is 1. The summed E-state index contributed by atoms with van der Waals surface area (Å²) in [6.07, 6.45) is 3.96. The van der Waals surface area contributed by atoms with Crippen LogP contribution in [-0.2, 0) is 0 Å². The number of fused-ring (bicyclic) bond motifs is 1. The van der Waals surface area contributed by atoms with Crippen molar-refractivity contribution >= 4 is 50.6 Å². The van der Waals surface area contributed by atoms with Gasteiger partial charge in [0.1, 0.15) is 10.8 Å². The number of aryl methyl sites for hydroxylation is 2. The predicted octanol–water partition coefficient (Wildman–Crippen LogP) is 6.72. The highest BCUT2D eigenvalue weighted by molar-refractivity contribution is 8.14. The van der Waals surface area contributed by atoms with Gasteiger partial charge in [0.2, 0.25) is 5.12 Å². The molecule has 3 nitrogen and oxygen atoms in total. The number of aromatic hydroxyl groups is 1. The Bertz CT molecular complexity index is 1200. The van der Waals surface area contributed by atoms with Gasteiger partial charge in [0.25, 0.3) is 0 Å². The van der Waals surface area contributed by atoms with Crippen LogP contribution in [-0.4, -0.2) is 15.2 Å². The molecule has 0 saturated heterocycles. The molecule has 1 N–H and O–H groups in total. The minimum atomic E-state index is 0.0265. The second-order valence-electron chi connectivity index (χ2n) is 6.77. The maximum absolute atomic E-state index is 12.6. The van der Waals surface area contributed by atoms with Crippen LogP contribution in [0.15, 0.2) is 65.6 Å². The number of thiazole rings is 1. The lowest BCUT2D eigenvalue weighted by Gasteiger charge is -2.04. The Morgan fingerprint density at radius 1 is 1.00 bits per heavy atom. The largest absolute Gasteiger partial charge is 0.507 e. The normalized spacial score (nSPS) is 11.4. The molecule has 5 heteroatoms. The molecule has 1 heterocycles. The lowest BCUT2D eigenvalue weighted by atomic mass is 10.1. The average molecular weight is 418 g/mol. The Hall–Kier alpha value is -2.89. The monoisotopic (exact) mass is 417 g/mol. The highest BCUT2D eigenvalue weighted by atomic mass is 32.2. The lowest BCUT2D eigenvalue weighted by Crippen LogP contribution is -1.92. The van der Waals surface area contributed by atoms with E-state index in [0.29, 0.717) is 11.3 Å². The van der Waals surface area contributed by atoms with E-state index >= 15 is 0 Å². The molecule has 0 spiro atoms. The number of thioether (sulfide) groups is 1. The van der Waals surface area contributed by atoms with E-state index in [1.54, 1.807) is 11.3 Å². The lowest BCUT2D eigenvalue weighted by molar-refractivity contribution is 0.108. The fraction of sp³-hybridized carbons (Fsp3) is 0.0833. The van der Waals surface area contributed by atoms with E-state index in [-0.39, 0.29) is 5.12 Å². The zero-order valence-corrected chi connectivity index (χ0v) is 17.7. The van der Waals surface area contributed by atoms with Crippen LogP contribution in [0.4, 0.5) is 0 Å². The molecular formula is C24H19NO2S2. The minimum Gasteiger partial charge on any atom is -0.507 e. The molecule has 29 heavy (non-hydrogen) atoms. The van der Waals surface area contributed by atoms with Crippen LogP contribution in [0.25, 0.3) is 22.4 Å². The summed E-state index contributed by atoms with van der Waals surface area (Å²) in [4.78, 5) is 18.2. The molecule has 0 fully saturated rings. The van der Waals surface area contributed by atoms with Gasteiger partial charge >= 0.3 is 0 Å². The molecule has 3 aromatic carbocycles. The van der Waals surface area contributed by atoms with Gasteiger partial charge in [-0.3, -0.25) is 4.79 Å². The fourth-order valence-electron chi connectivity index (χ4n) is 3.05. The summed E-state index contributed by atoms with van der Waals surface area (Å²) in [6, 6.07) is 19.2. The Morgan fingerprint density at radius 2 is 1.72 bits per heavy atom. The van der Waals surface area contributed by atoms with E-state index in [4.69, 9.17) is 0 Å². The van der Waals surface area contributed by atoms with Crippen LogP contribution in [0, 0.1) is 13.8 Å². The van der Waals surface area contributed by atoms with Crippen molar-refractivity contribution in [1.29, 1.82) is 0 Å². The fourth-order valence-corrected chi connectivity index (χ4v) is 4.71. The first-order valence-electron chi connectivity index (χ1n) is 9.16. The molecule has 4 rings (SSSR count). The molecule has 0 aliphatic heterocycles.